The van der Waals surface area contributed by atoms with Gasteiger partial charge in [-0.1, -0.05) is 34.6 Å². The maximum atomic E-state index is 4.50. The minimum Gasteiger partial charge on any atom is -0.333 e. The Hall–Kier alpha value is -0.0400. The monoisotopic (exact) mass is 185 g/mol. The van der Waals surface area contributed by atoms with E-state index in [9.17, 15) is 0 Å². The molecule has 1 heteroatoms. The maximum Gasteiger partial charge on any atom is -0.0195 e. The normalized spacial score (nSPS) is 26.1. The Balaban J connectivity index is 0.000000671. The van der Waals surface area contributed by atoms with Gasteiger partial charge in [-0.15, -0.1) is 0 Å². The van der Waals surface area contributed by atoms with Crippen LogP contribution in [0.1, 0.15) is 53.9 Å². The van der Waals surface area contributed by atoms with Crippen molar-refractivity contribution < 1.29 is 0 Å². The van der Waals surface area contributed by atoms with E-state index in [0.717, 1.165) is 5.92 Å². The van der Waals surface area contributed by atoms with Gasteiger partial charge in [0.2, 0.25) is 0 Å². The van der Waals surface area contributed by atoms with E-state index >= 15 is 0 Å². The van der Waals surface area contributed by atoms with Gasteiger partial charge in [0.15, 0.2) is 0 Å². The molecule has 0 aromatic heterocycles. The molecule has 1 rings (SSSR count). The van der Waals surface area contributed by atoms with E-state index in [2.05, 4.69) is 40.4 Å². The van der Waals surface area contributed by atoms with E-state index in [4.69, 9.17) is 0 Å². The first-order chi connectivity index (χ1) is 5.81. The second kappa shape index (κ2) is 4.45. The van der Waals surface area contributed by atoms with Crippen LogP contribution in [-0.4, -0.2) is 7.05 Å². The molecule has 0 aromatic rings. The van der Waals surface area contributed by atoms with Crippen LogP contribution in [0.4, 0.5) is 0 Å². The molecular weight excluding hydrogens is 158 g/mol. The van der Waals surface area contributed by atoms with Gasteiger partial charge in [-0.05, 0) is 43.1 Å². The van der Waals surface area contributed by atoms with Crippen molar-refractivity contribution in [1.29, 1.82) is 0 Å². The first kappa shape index (κ1) is 13.0. The fourth-order valence-electron chi connectivity index (χ4n) is 3.40. The Kier molecular flexibility index (Phi) is 4.44. The lowest BCUT2D eigenvalue weighted by atomic mass is 9.62. The third-order valence-electron chi connectivity index (χ3n) is 2.76. The minimum atomic E-state index is 0.584. The zero-order valence-corrected chi connectivity index (χ0v) is 10.3. The van der Waals surface area contributed by atoms with Crippen molar-refractivity contribution in [1.82, 2.24) is 0 Å². The molecule has 1 nitrogen and oxygen atoms in total. The molecule has 0 aromatic carbocycles. The molecule has 0 bridgehead atoms. The van der Waals surface area contributed by atoms with Gasteiger partial charge in [0.05, 0.1) is 0 Å². The van der Waals surface area contributed by atoms with Crippen LogP contribution < -0.4 is 5.73 Å². The van der Waals surface area contributed by atoms with E-state index in [1.807, 2.05) is 0 Å². The summed E-state index contributed by atoms with van der Waals surface area (Å²) in [5.74, 6) is 0.925. The molecule has 1 fully saturated rings. The molecule has 80 valence electrons. The second-order valence-corrected chi connectivity index (χ2v) is 6.02. The third kappa shape index (κ3) is 4.66. The predicted molar refractivity (Wildman–Crippen MR) is 60.7 cm³/mol. The summed E-state index contributed by atoms with van der Waals surface area (Å²) in [5.41, 5.74) is 5.67. The van der Waals surface area contributed by atoms with Crippen LogP contribution in [-0.2, 0) is 0 Å². The van der Waals surface area contributed by atoms with Gasteiger partial charge in [-0.3, -0.25) is 0 Å². The fraction of sp³-hybridized carbons (Fsp3) is 1.00. The third-order valence-corrected chi connectivity index (χ3v) is 2.76. The van der Waals surface area contributed by atoms with Gasteiger partial charge >= 0.3 is 0 Å². The summed E-state index contributed by atoms with van der Waals surface area (Å²) in [5, 5.41) is 0. The first-order valence-electron chi connectivity index (χ1n) is 5.39. The Morgan fingerprint density at radius 2 is 1.23 bits per heavy atom. The van der Waals surface area contributed by atoms with Crippen LogP contribution in [0.5, 0.6) is 0 Å². The number of hydrogen-bond acceptors (Lipinski definition) is 1. The number of nitrogens with two attached hydrogens (primary N) is 1. The molecule has 2 N–H and O–H groups in total. The van der Waals surface area contributed by atoms with Crippen LogP contribution in [0.25, 0.3) is 0 Å². The van der Waals surface area contributed by atoms with Gasteiger partial charge in [0, 0.05) is 0 Å². The second-order valence-electron chi connectivity index (χ2n) is 6.02. The number of hydrogen-bond donors (Lipinski definition) is 1. The molecule has 1 aliphatic carbocycles. The zero-order valence-electron chi connectivity index (χ0n) is 10.3. The summed E-state index contributed by atoms with van der Waals surface area (Å²) in [6, 6.07) is 0. The summed E-state index contributed by atoms with van der Waals surface area (Å²) in [7, 11) is 1.50. The predicted octanol–water partition coefficient (Wildman–Crippen LogP) is 3.43. The van der Waals surface area contributed by atoms with E-state index in [1.165, 1.54) is 26.3 Å². The zero-order chi connectivity index (χ0) is 10.7. The molecule has 0 atom stereocenters. The van der Waals surface area contributed by atoms with Gasteiger partial charge in [-0.25, -0.2) is 0 Å². The van der Waals surface area contributed by atoms with Crippen molar-refractivity contribution in [2.45, 2.75) is 53.9 Å². The van der Waals surface area contributed by atoms with Crippen molar-refractivity contribution >= 4 is 0 Å². The van der Waals surface area contributed by atoms with Gasteiger partial charge in [0.25, 0.3) is 0 Å². The Bertz CT molecular complexity index is 131. The van der Waals surface area contributed by atoms with E-state index < -0.39 is 0 Å². The van der Waals surface area contributed by atoms with Crippen LogP contribution in [0.3, 0.4) is 0 Å². The van der Waals surface area contributed by atoms with Crippen molar-refractivity contribution in [3.8, 4) is 0 Å². The molecule has 0 radical (unpaired) electrons. The molecule has 1 aliphatic rings. The van der Waals surface area contributed by atoms with Crippen molar-refractivity contribution in [3.05, 3.63) is 0 Å². The van der Waals surface area contributed by atoms with Crippen LogP contribution in [0.2, 0.25) is 0 Å². The molecule has 0 heterocycles. The summed E-state index contributed by atoms with van der Waals surface area (Å²) in [6.45, 7) is 12.0. The first-order valence-corrected chi connectivity index (χ1v) is 5.39. The Labute approximate surface area is 84.1 Å². The molecule has 0 aliphatic heterocycles. The highest BCUT2D eigenvalue weighted by molar-refractivity contribution is 4.87. The lowest BCUT2D eigenvalue weighted by Crippen LogP contribution is -2.32. The largest absolute Gasteiger partial charge is 0.333 e. The molecule has 1 saturated carbocycles. The lowest BCUT2D eigenvalue weighted by molar-refractivity contribution is 0.0754. The van der Waals surface area contributed by atoms with E-state index in [1.54, 1.807) is 0 Å². The maximum absolute atomic E-state index is 4.50. The summed E-state index contributed by atoms with van der Waals surface area (Å²) >= 11 is 0. The highest BCUT2D eigenvalue weighted by Crippen LogP contribution is 2.47. The molecular formula is C12H27N. The molecule has 0 amide bonds. The average molecular weight is 185 g/mol. The number of rotatable bonds is 0. The van der Waals surface area contributed by atoms with Crippen LogP contribution >= 0.6 is 0 Å². The van der Waals surface area contributed by atoms with Gasteiger partial charge in [0.1, 0.15) is 0 Å². The SMILES string of the molecule is CC1CC(C)(C)CC(C)(C)C1.CN. The molecule has 0 unspecified atom stereocenters. The molecule has 0 spiro atoms. The summed E-state index contributed by atoms with van der Waals surface area (Å²) < 4.78 is 0. The molecule has 13 heavy (non-hydrogen) atoms. The van der Waals surface area contributed by atoms with E-state index in [-0.39, 0.29) is 0 Å². The average Bonchev–Trinajstić information content (AvgIpc) is 1.82. The smallest absolute Gasteiger partial charge is 0.0195 e. The Morgan fingerprint density at radius 3 is 1.46 bits per heavy atom. The van der Waals surface area contributed by atoms with Gasteiger partial charge < -0.3 is 5.73 Å². The topological polar surface area (TPSA) is 26.0 Å². The van der Waals surface area contributed by atoms with Crippen molar-refractivity contribution in [2.24, 2.45) is 22.5 Å². The minimum absolute atomic E-state index is 0.584. The standard InChI is InChI=1S/C11H22.CH5N/c1-9-6-10(2,3)8-11(4,5)7-9;1-2/h9H,6-8H2,1-5H3;2H2,1H3. The summed E-state index contributed by atoms with van der Waals surface area (Å²) in [6.07, 6.45) is 4.22. The molecule has 0 saturated heterocycles. The fourth-order valence-corrected chi connectivity index (χ4v) is 3.40. The van der Waals surface area contributed by atoms with E-state index in [0.29, 0.717) is 10.8 Å². The summed E-state index contributed by atoms with van der Waals surface area (Å²) in [4.78, 5) is 0. The van der Waals surface area contributed by atoms with Gasteiger partial charge in [-0.2, -0.15) is 0 Å². The Morgan fingerprint density at radius 1 is 0.923 bits per heavy atom. The van der Waals surface area contributed by atoms with Crippen molar-refractivity contribution in [2.75, 3.05) is 7.05 Å². The quantitative estimate of drug-likeness (QED) is 0.615. The lowest BCUT2D eigenvalue weighted by Gasteiger charge is -2.44. The van der Waals surface area contributed by atoms with Crippen LogP contribution in [0.15, 0.2) is 0 Å². The van der Waals surface area contributed by atoms with Crippen LogP contribution in [0, 0.1) is 16.7 Å². The van der Waals surface area contributed by atoms with Crippen molar-refractivity contribution in [3.63, 3.8) is 0 Å². The highest BCUT2D eigenvalue weighted by atomic mass is 14.4. The highest BCUT2D eigenvalue weighted by Gasteiger charge is 2.36.